The van der Waals surface area contributed by atoms with Gasteiger partial charge in [-0.3, -0.25) is 9.97 Å². The van der Waals surface area contributed by atoms with Crippen LogP contribution in [0.5, 0.6) is 0 Å². The molecule has 0 amide bonds. The van der Waals surface area contributed by atoms with E-state index in [-0.39, 0.29) is 0 Å². The second-order valence-electron chi connectivity index (χ2n) is 10.1. The van der Waals surface area contributed by atoms with Gasteiger partial charge in [0.2, 0.25) is 0 Å². The lowest BCUT2D eigenvalue weighted by molar-refractivity contribution is 0.839. The first kappa shape index (κ1) is 46.3. The summed E-state index contributed by atoms with van der Waals surface area (Å²) in [6.45, 7) is 14.9. The van der Waals surface area contributed by atoms with Crippen LogP contribution in [0.25, 0.3) is 0 Å². The van der Waals surface area contributed by atoms with Crippen molar-refractivity contribution in [1.82, 2.24) is 106 Å². The van der Waals surface area contributed by atoms with E-state index < -0.39 is 0 Å². The molecule has 0 radical (unpaired) electrons. The molecule has 0 N–H and O–H groups in total. The highest BCUT2D eigenvalue weighted by Crippen LogP contribution is 1.84. The minimum absolute atomic E-state index is 0.711. The van der Waals surface area contributed by atoms with Gasteiger partial charge < -0.3 is 0 Å². The Balaban J connectivity index is 0.000000320. The molecule has 0 saturated carbocycles. The van der Waals surface area contributed by atoms with Crippen LogP contribution in [-0.2, 0) is 0 Å². The zero-order valence-corrected chi connectivity index (χ0v) is 32.4. The molecule has 21 nitrogen and oxygen atoms in total. The molecular formula is C35H43N21. The summed E-state index contributed by atoms with van der Waals surface area (Å²) in [6.07, 6.45) is 25.6. The summed E-state index contributed by atoms with van der Waals surface area (Å²) in [5.74, 6) is 2.29. The van der Waals surface area contributed by atoms with Crippen molar-refractivity contribution in [2.24, 2.45) is 0 Å². The first-order valence-corrected chi connectivity index (χ1v) is 16.3. The van der Waals surface area contributed by atoms with E-state index in [1.807, 2.05) is 54.5 Å². The van der Waals surface area contributed by atoms with Crippen LogP contribution in [0.4, 0.5) is 0 Å². The fraction of sp³-hybridized carbons (Fsp3) is 0.229. The Morgan fingerprint density at radius 3 is 1.23 bits per heavy atom. The lowest BCUT2D eigenvalue weighted by Gasteiger charge is -1.81. The molecule has 0 unspecified atom stereocenters. The van der Waals surface area contributed by atoms with Crippen LogP contribution in [-0.4, -0.2) is 106 Å². The van der Waals surface area contributed by atoms with Gasteiger partial charge in [-0.1, -0.05) is 0 Å². The standard InChI is InChI=1S/3C5H6N2.5C4H5N3/c1-5-4-6-2-3-7-5;1-5-2-3-6-4-7-5;1-5-6-3-2-4-7-5;1-4-6-2-5-3-7-4;1-4-2-6-7-3-5-4;1-4-2-5-3-6-7-4;1-4-5-2-3-6-7-4;1-4-2-3-5-7-6-4/h3*2-4H,1H3;5*2-3H,1H3. The lowest BCUT2D eigenvalue weighted by Crippen LogP contribution is -1.85. The number of aromatic nitrogens is 21. The van der Waals surface area contributed by atoms with E-state index in [9.17, 15) is 0 Å². The van der Waals surface area contributed by atoms with Gasteiger partial charge in [0.15, 0.2) is 0 Å². The van der Waals surface area contributed by atoms with Crippen LogP contribution >= 0.6 is 0 Å². The molecule has 8 rings (SSSR count). The van der Waals surface area contributed by atoms with Gasteiger partial charge in [0.1, 0.15) is 49.1 Å². The van der Waals surface area contributed by atoms with E-state index >= 15 is 0 Å². The number of rotatable bonds is 0. The summed E-state index contributed by atoms with van der Waals surface area (Å²) in [5.41, 5.74) is 4.62. The van der Waals surface area contributed by atoms with Crippen molar-refractivity contribution in [2.75, 3.05) is 0 Å². The summed E-state index contributed by atoms with van der Waals surface area (Å²) < 4.78 is 0. The van der Waals surface area contributed by atoms with Crippen LogP contribution in [0.15, 0.2) is 118 Å². The Bertz CT molecular complexity index is 1540. The Morgan fingerprint density at radius 1 is 0.304 bits per heavy atom. The van der Waals surface area contributed by atoms with Gasteiger partial charge in [-0.25, -0.2) is 49.8 Å². The van der Waals surface area contributed by atoms with Gasteiger partial charge in [0, 0.05) is 49.1 Å². The molecule has 8 aromatic heterocycles. The maximum absolute atomic E-state index is 3.92. The normalized spacial score (nSPS) is 8.71. The highest BCUT2D eigenvalue weighted by molar-refractivity contribution is 4.93. The predicted octanol–water partition coefficient (Wildman–Crippen LogP) is 3.26. The third-order valence-corrected chi connectivity index (χ3v) is 5.19. The fourth-order valence-corrected chi connectivity index (χ4v) is 2.63. The molecule has 0 bridgehead atoms. The van der Waals surface area contributed by atoms with E-state index in [1.165, 1.54) is 31.6 Å². The summed E-state index contributed by atoms with van der Waals surface area (Å²) in [5, 5.41) is 31.9. The molecule has 0 fully saturated rings. The smallest absolute Gasteiger partial charge is 0.147 e. The molecule has 0 saturated heterocycles. The van der Waals surface area contributed by atoms with Gasteiger partial charge in [0.05, 0.1) is 47.6 Å². The molecule has 0 spiro atoms. The van der Waals surface area contributed by atoms with Gasteiger partial charge in [-0.2, -0.15) is 15.3 Å². The quantitative estimate of drug-likeness (QED) is 0.215. The minimum Gasteiger partial charge on any atom is -0.261 e. The van der Waals surface area contributed by atoms with Crippen LogP contribution < -0.4 is 0 Å². The molecule has 0 aliphatic heterocycles. The Kier molecular flexibility index (Phi) is 26.4. The molecular weight excluding hydrogens is 715 g/mol. The van der Waals surface area contributed by atoms with Crippen LogP contribution in [0.2, 0.25) is 0 Å². The zero-order chi connectivity index (χ0) is 40.9. The van der Waals surface area contributed by atoms with Crippen molar-refractivity contribution < 1.29 is 0 Å². The van der Waals surface area contributed by atoms with E-state index in [0.29, 0.717) is 5.82 Å². The van der Waals surface area contributed by atoms with Gasteiger partial charge in [-0.05, 0) is 78.8 Å². The van der Waals surface area contributed by atoms with Crippen molar-refractivity contribution in [3.63, 3.8) is 0 Å². The van der Waals surface area contributed by atoms with Crippen LogP contribution in [0.3, 0.4) is 0 Å². The summed E-state index contributed by atoms with van der Waals surface area (Å²) in [7, 11) is 0. The van der Waals surface area contributed by atoms with Crippen LogP contribution in [0.1, 0.15) is 45.9 Å². The Hall–Kier alpha value is -7.71. The molecule has 0 aromatic carbocycles. The molecule has 0 atom stereocenters. The summed E-state index contributed by atoms with van der Waals surface area (Å²) in [4.78, 5) is 45.5. The van der Waals surface area contributed by atoms with Gasteiger partial charge in [0.25, 0.3) is 0 Å². The van der Waals surface area contributed by atoms with Crippen LogP contribution in [0, 0.1) is 55.4 Å². The van der Waals surface area contributed by atoms with Crippen molar-refractivity contribution in [3.8, 4) is 0 Å². The maximum atomic E-state index is 3.92. The predicted molar refractivity (Wildman–Crippen MR) is 203 cm³/mol. The van der Waals surface area contributed by atoms with Crippen molar-refractivity contribution in [2.45, 2.75) is 55.4 Å². The average Bonchev–Trinajstić information content (AvgIpc) is 3.22. The zero-order valence-electron chi connectivity index (χ0n) is 32.4. The average molecular weight is 758 g/mol. The van der Waals surface area contributed by atoms with E-state index in [1.54, 1.807) is 87.2 Å². The van der Waals surface area contributed by atoms with Crippen molar-refractivity contribution >= 4 is 0 Å². The summed E-state index contributed by atoms with van der Waals surface area (Å²) in [6, 6.07) is 5.46. The third-order valence-electron chi connectivity index (χ3n) is 5.19. The largest absolute Gasteiger partial charge is 0.261 e. The maximum Gasteiger partial charge on any atom is 0.147 e. The number of nitrogens with zero attached hydrogens (tertiary/aromatic N) is 21. The Labute approximate surface area is 324 Å². The topological polar surface area (TPSA) is 271 Å². The van der Waals surface area contributed by atoms with Gasteiger partial charge >= 0.3 is 0 Å². The summed E-state index contributed by atoms with van der Waals surface area (Å²) >= 11 is 0. The highest BCUT2D eigenvalue weighted by atomic mass is 15.3. The molecule has 0 aliphatic carbocycles. The SMILES string of the molecule is Cc1ccncn1.Cc1ccnnn1.Cc1cnccn1.Cc1cncnn1.Cc1cnncn1.Cc1ncccn1.Cc1nccnn1.Cc1ncncn1. The molecule has 8 heterocycles. The number of aryl methyl sites for hydroxylation is 8. The number of hydrogen-bond donors (Lipinski definition) is 0. The first-order chi connectivity index (χ1) is 27.2. The molecule has 0 aliphatic rings. The highest BCUT2D eigenvalue weighted by Gasteiger charge is 1.80. The molecule has 288 valence electrons. The lowest BCUT2D eigenvalue weighted by atomic mass is 10.5. The minimum atomic E-state index is 0.711. The monoisotopic (exact) mass is 757 g/mol. The second-order valence-corrected chi connectivity index (χ2v) is 10.1. The fourth-order valence-electron chi connectivity index (χ4n) is 2.63. The Morgan fingerprint density at radius 2 is 0.946 bits per heavy atom. The van der Waals surface area contributed by atoms with E-state index in [2.05, 4.69) is 106 Å². The number of hydrogen-bond acceptors (Lipinski definition) is 21. The molecule has 56 heavy (non-hydrogen) atoms. The molecule has 8 aromatic rings. The van der Waals surface area contributed by atoms with Crippen molar-refractivity contribution in [1.29, 1.82) is 0 Å². The van der Waals surface area contributed by atoms with Crippen molar-refractivity contribution in [3.05, 3.63) is 164 Å². The first-order valence-electron chi connectivity index (χ1n) is 16.3. The van der Waals surface area contributed by atoms with Gasteiger partial charge in [-0.15, -0.1) is 25.5 Å². The second kappa shape index (κ2) is 32.0. The van der Waals surface area contributed by atoms with E-state index in [0.717, 1.165) is 40.1 Å². The van der Waals surface area contributed by atoms with E-state index in [4.69, 9.17) is 0 Å². The molecule has 21 heteroatoms. The third kappa shape index (κ3) is 30.0.